The Balaban J connectivity index is 0.00000158. The van der Waals surface area contributed by atoms with E-state index in [-0.39, 0.29) is 17.6 Å². The maximum Gasteiger partial charge on any atom is 0.229 e. The van der Waals surface area contributed by atoms with Crippen molar-refractivity contribution in [2.24, 2.45) is 5.41 Å². The maximum atomic E-state index is 13.7. The normalized spacial score (nSPS) is 16.0. The van der Waals surface area contributed by atoms with Crippen LogP contribution in [0.15, 0.2) is 36.4 Å². The van der Waals surface area contributed by atoms with Gasteiger partial charge in [0.05, 0.1) is 17.8 Å². The zero-order chi connectivity index (χ0) is 25.0. The van der Waals surface area contributed by atoms with Gasteiger partial charge in [0.1, 0.15) is 5.82 Å². The zero-order valence-corrected chi connectivity index (χ0v) is 21.1. The number of hydrogen-bond donors (Lipinski definition) is 2. The number of ether oxygens (including phenoxy) is 1. The predicted octanol–water partition coefficient (Wildman–Crippen LogP) is 6.98. The van der Waals surface area contributed by atoms with Gasteiger partial charge in [0, 0.05) is 46.5 Å². The van der Waals surface area contributed by atoms with Crippen molar-refractivity contribution < 1.29 is 13.9 Å². The summed E-state index contributed by atoms with van der Waals surface area (Å²) in [5.41, 5.74) is 4.76. The maximum absolute atomic E-state index is 13.7. The molecule has 5 nitrogen and oxygen atoms in total. The molecular weight excluding hydrogens is 429 g/mol. The molecule has 2 aromatic carbocycles. The number of amides is 1. The van der Waals surface area contributed by atoms with Crippen molar-refractivity contribution in [2.75, 3.05) is 18.5 Å². The molecule has 34 heavy (non-hydrogen) atoms. The standard InChI is InChI=1S/C26H30FN3O2.C2H6/c1-16-21-13-22(29-25(31)26(2,3)4)18(14-28)12-23(21)30(20-9-7-19(27)8-10-20)24(16)17-6-5-11-32-15-17;1-2/h7-10,12-14,17,28H,5-6,11,15H2,1-4H3,(H,29,31);1-2H3. The van der Waals surface area contributed by atoms with Gasteiger partial charge in [0.15, 0.2) is 0 Å². The van der Waals surface area contributed by atoms with Gasteiger partial charge in [0.2, 0.25) is 5.91 Å². The topological polar surface area (TPSA) is 67.1 Å². The van der Waals surface area contributed by atoms with Crippen molar-refractivity contribution in [1.29, 1.82) is 5.41 Å². The van der Waals surface area contributed by atoms with E-state index in [1.165, 1.54) is 18.3 Å². The lowest BCUT2D eigenvalue weighted by atomic mass is 9.94. The van der Waals surface area contributed by atoms with E-state index in [2.05, 4.69) is 16.8 Å². The highest BCUT2D eigenvalue weighted by atomic mass is 19.1. The average molecular weight is 466 g/mol. The van der Waals surface area contributed by atoms with E-state index in [0.717, 1.165) is 47.3 Å². The Bertz CT molecular complexity index is 1170. The number of halogens is 1. The number of nitrogens with one attached hydrogen (secondary N) is 2. The molecule has 2 heterocycles. The molecule has 1 aliphatic heterocycles. The number of anilines is 1. The highest BCUT2D eigenvalue weighted by Crippen LogP contribution is 2.39. The van der Waals surface area contributed by atoms with Crippen molar-refractivity contribution in [1.82, 2.24) is 4.57 Å². The third-order valence-corrected chi connectivity index (χ3v) is 6.15. The van der Waals surface area contributed by atoms with Gasteiger partial charge in [-0.1, -0.05) is 34.6 Å². The first-order valence-electron chi connectivity index (χ1n) is 12.0. The minimum absolute atomic E-state index is 0.100. The molecule has 0 bridgehead atoms. The molecular formula is C28H36FN3O2. The fraction of sp³-hybridized carbons (Fsp3) is 0.429. The van der Waals surface area contributed by atoms with Crippen molar-refractivity contribution in [3.05, 3.63) is 59.0 Å². The minimum Gasteiger partial charge on any atom is -0.381 e. The summed E-state index contributed by atoms with van der Waals surface area (Å²) in [5, 5.41) is 12.0. The van der Waals surface area contributed by atoms with Crippen molar-refractivity contribution in [3.63, 3.8) is 0 Å². The number of aryl methyl sites for hydroxylation is 1. The average Bonchev–Trinajstić information content (AvgIpc) is 3.11. The quantitative estimate of drug-likeness (QED) is 0.408. The van der Waals surface area contributed by atoms with Crippen LogP contribution in [0.5, 0.6) is 0 Å². The minimum atomic E-state index is -0.548. The zero-order valence-electron chi connectivity index (χ0n) is 21.1. The molecule has 2 N–H and O–H groups in total. The largest absolute Gasteiger partial charge is 0.381 e. The monoisotopic (exact) mass is 465 g/mol. The van der Waals surface area contributed by atoms with Gasteiger partial charge in [-0.3, -0.25) is 4.79 Å². The van der Waals surface area contributed by atoms with E-state index in [0.29, 0.717) is 17.9 Å². The summed E-state index contributed by atoms with van der Waals surface area (Å²) in [6, 6.07) is 10.4. The molecule has 4 rings (SSSR count). The van der Waals surface area contributed by atoms with Crippen LogP contribution < -0.4 is 5.32 Å². The van der Waals surface area contributed by atoms with Crippen LogP contribution in [0.2, 0.25) is 0 Å². The number of benzene rings is 2. The molecule has 1 aromatic heterocycles. The summed E-state index contributed by atoms with van der Waals surface area (Å²) in [4.78, 5) is 12.7. The number of carbonyl (C=O) groups excluding carboxylic acids is 1. The SMILES string of the molecule is CC.Cc1c(C2CCCOC2)n(-c2ccc(F)cc2)c2cc(C=N)c(NC(=O)C(C)(C)C)cc12. The smallest absolute Gasteiger partial charge is 0.229 e. The lowest BCUT2D eigenvalue weighted by molar-refractivity contribution is -0.123. The number of carbonyl (C=O) groups is 1. The first-order valence-corrected chi connectivity index (χ1v) is 12.0. The molecule has 0 radical (unpaired) electrons. The van der Waals surface area contributed by atoms with Crippen molar-refractivity contribution >= 4 is 28.7 Å². The summed E-state index contributed by atoms with van der Waals surface area (Å²) in [6.45, 7) is 13.1. The number of rotatable bonds is 4. The molecule has 1 fully saturated rings. The number of fused-ring (bicyclic) bond motifs is 1. The highest BCUT2D eigenvalue weighted by Gasteiger charge is 2.27. The lowest BCUT2D eigenvalue weighted by Crippen LogP contribution is -2.28. The molecule has 0 aliphatic carbocycles. The molecule has 1 unspecified atom stereocenters. The summed E-state index contributed by atoms with van der Waals surface area (Å²) in [6.07, 6.45) is 3.27. The molecule has 1 saturated heterocycles. The number of nitrogens with zero attached hydrogens (tertiary/aromatic N) is 1. The van der Waals surface area contributed by atoms with Crippen LogP contribution in [0.1, 0.15) is 70.2 Å². The molecule has 182 valence electrons. The van der Waals surface area contributed by atoms with Crippen LogP contribution in [0.25, 0.3) is 16.6 Å². The second kappa shape index (κ2) is 10.5. The Hall–Kier alpha value is -2.99. The van der Waals surface area contributed by atoms with E-state index >= 15 is 0 Å². The summed E-state index contributed by atoms with van der Waals surface area (Å²) < 4.78 is 21.6. The molecule has 0 spiro atoms. The fourth-order valence-corrected chi connectivity index (χ4v) is 4.38. The summed E-state index contributed by atoms with van der Waals surface area (Å²) in [5.74, 6) is -0.162. The summed E-state index contributed by atoms with van der Waals surface area (Å²) >= 11 is 0. The van der Waals surface area contributed by atoms with Crippen molar-refractivity contribution in [3.8, 4) is 5.69 Å². The molecule has 1 amide bonds. The third-order valence-electron chi connectivity index (χ3n) is 6.15. The Kier molecular flexibility index (Phi) is 7.93. The fourth-order valence-electron chi connectivity index (χ4n) is 4.38. The Morgan fingerprint density at radius 3 is 2.44 bits per heavy atom. The van der Waals surface area contributed by atoms with E-state index in [1.54, 1.807) is 12.1 Å². The number of aromatic nitrogens is 1. The first kappa shape index (κ1) is 25.6. The van der Waals surface area contributed by atoms with Gasteiger partial charge in [-0.15, -0.1) is 0 Å². The van der Waals surface area contributed by atoms with Gasteiger partial charge in [-0.05, 0) is 61.7 Å². The predicted molar refractivity (Wildman–Crippen MR) is 138 cm³/mol. The van der Waals surface area contributed by atoms with Gasteiger partial charge < -0.3 is 20.0 Å². The van der Waals surface area contributed by atoms with Crippen LogP contribution in [0, 0.1) is 23.6 Å². The second-order valence-corrected chi connectivity index (χ2v) is 9.54. The number of hydrogen-bond acceptors (Lipinski definition) is 3. The third kappa shape index (κ3) is 5.07. The Morgan fingerprint density at radius 2 is 1.88 bits per heavy atom. The van der Waals surface area contributed by atoms with Gasteiger partial charge in [-0.25, -0.2) is 4.39 Å². The molecule has 1 atom stereocenters. The molecule has 3 aromatic rings. The van der Waals surface area contributed by atoms with Crippen LogP contribution in [0.4, 0.5) is 10.1 Å². The second-order valence-electron chi connectivity index (χ2n) is 9.54. The van der Waals surface area contributed by atoms with Crippen LogP contribution in [-0.4, -0.2) is 29.9 Å². The van der Waals surface area contributed by atoms with Crippen LogP contribution in [-0.2, 0) is 9.53 Å². The van der Waals surface area contributed by atoms with E-state index in [9.17, 15) is 9.18 Å². The molecule has 0 saturated carbocycles. The van der Waals surface area contributed by atoms with Gasteiger partial charge in [0.25, 0.3) is 0 Å². The molecule has 6 heteroatoms. The van der Waals surface area contributed by atoms with Gasteiger partial charge in [-0.2, -0.15) is 0 Å². The van der Waals surface area contributed by atoms with E-state index in [1.807, 2.05) is 46.8 Å². The Labute approximate surface area is 201 Å². The van der Waals surface area contributed by atoms with E-state index < -0.39 is 5.41 Å². The molecule has 1 aliphatic rings. The highest BCUT2D eigenvalue weighted by molar-refractivity contribution is 6.04. The summed E-state index contributed by atoms with van der Waals surface area (Å²) in [7, 11) is 0. The van der Waals surface area contributed by atoms with Gasteiger partial charge >= 0.3 is 0 Å². The van der Waals surface area contributed by atoms with Crippen molar-refractivity contribution in [2.45, 2.75) is 60.3 Å². The lowest BCUT2D eigenvalue weighted by Gasteiger charge is -2.25. The van der Waals surface area contributed by atoms with Crippen LogP contribution in [0.3, 0.4) is 0 Å². The van der Waals surface area contributed by atoms with E-state index in [4.69, 9.17) is 10.1 Å². The first-order chi connectivity index (χ1) is 16.2. The van der Waals surface area contributed by atoms with Crippen LogP contribution >= 0.6 is 0 Å². The Morgan fingerprint density at radius 1 is 1.21 bits per heavy atom.